The van der Waals surface area contributed by atoms with Crippen molar-refractivity contribution in [3.8, 4) is 0 Å². The van der Waals surface area contributed by atoms with Crippen molar-refractivity contribution in [1.82, 2.24) is 4.57 Å². The Balaban J connectivity index is 1.99. The predicted octanol–water partition coefficient (Wildman–Crippen LogP) is 2.75. The topological polar surface area (TPSA) is 34.0 Å². The molecule has 0 atom stereocenters. The maximum absolute atomic E-state index is 11.9. The number of pyridine rings is 1. The Hall–Kier alpha value is -1.77. The third kappa shape index (κ3) is 1.90. The van der Waals surface area contributed by atoms with Crippen molar-refractivity contribution in [3.63, 3.8) is 0 Å². The Morgan fingerprint density at radius 1 is 1.33 bits per heavy atom. The first-order valence-corrected chi connectivity index (χ1v) is 6.58. The summed E-state index contributed by atoms with van der Waals surface area (Å²) in [6, 6.07) is 9.75. The van der Waals surface area contributed by atoms with E-state index in [1.807, 2.05) is 25.2 Å². The SMILES string of the molecule is Cn1c(=O)cc(NCC2CCC2)c2ccccc21. The molecule has 0 amide bonds. The van der Waals surface area contributed by atoms with E-state index in [9.17, 15) is 4.79 Å². The lowest BCUT2D eigenvalue weighted by molar-refractivity contribution is 0.333. The highest BCUT2D eigenvalue weighted by atomic mass is 16.1. The zero-order valence-corrected chi connectivity index (χ0v) is 10.6. The Kier molecular flexibility index (Phi) is 2.82. The quantitative estimate of drug-likeness (QED) is 0.898. The van der Waals surface area contributed by atoms with E-state index in [-0.39, 0.29) is 5.56 Å². The first-order valence-electron chi connectivity index (χ1n) is 6.58. The van der Waals surface area contributed by atoms with Gasteiger partial charge in [0, 0.05) is 30.7 Å². The normalized spacial score (nSPS) is 15.6. The molecule has 3 nitrogen and oxygen atoms in total. The van der Waals surface area contributed by atoms with Crippen molar-refractivity contribution in [1.29, 1.82) is 0 Å². The number of benzene rings is 1. The van der Waals surface area contributed by atoms with Crippen molar-refractivity contribution in [2.45, 2.75) is 19.3 Å². The first-order chi connectivity index (χ1) is 8.75. The van der Waals surface area contributed by atoms with Gasteiger partial charge in [-0.3, -0.25) is 4.79 Å². The zero-order chi connectivity index (χ0) is 12.5. The first kappa shape index (κ1) is 11.3. The van der Waals surface area contributed by atoms with E-state index in [0.29, 0.717) is 0 Å². The molecule has 1 aliphatic carbocycles. The summed E-state index contributed by atoms with van der Waals surface area (Å²) in [6.07, 6.45) is 3.98. The van der Waals surface area contributed by atoms with Crippen LogP contribution in [0.15, 0.2) is 35.1 Å². The molecule has 18 heavy (non-hydrogen) atoms. The van der Waals surface area contributed by atoms with Crippen LogP contribution >= 0.6 is 0 Å². The summed E-state index contributed by atoms with van der Waals surface area (Å²) in [6.45, 7) is 0.983. The maximum Gasteiger partial charge on any atom is 0.252 e. The molecule has 1 fully saturated rings. The largest absolute Gasteiger partial charge is 0.384 e. The van der Waals surface area contributed by atoms with E-state index in [0.717, 1.165) is 29.1 Å². The molecule has 0 radical (unpaired) electrons. The second kappa shape index (κ2) is 4.48. The standard InChI is InChI=1S/C15H18N2O/c1-17-14-8-3-2-7-12(14)13(9-15(17)18)16-10-11-5-4-6-11/h2-3,7-9,11,16H,4-6,10H2,1H3. The van der Waals surface area contributed by atoms with Crippen molar-refractivity contribution in [2.24, 2.45) is 13.0 Å². The predicted molar refractivity (Wildman–Crippen MR) is 75.0 cm³/mol. The minimum atomic E-state index is 0.0461. The van der Waals surface area contributed by atoms with E-state index >= 15 is 0 Å². The van der Waals surface area contributed by atoms with Gasteiger partial charge in [-0.25, -0.2) is 0 Å². The summed E-state index contributed by atoms with van der Waals surface area (Å²) in [5, 5.41) is 4.57. The minimum Gasteiger partial charge on any atom is -0.384 e. The van der Waals surface area contributed by atoms with Crippen molar-refractivity contribution >= 4 is 16.6 Å². The lowest BCUT2D eigenvalue weighted by atomic mass is 9.85. The van der Waals surface area contributed by atoms with Gasteiger partial charge >= 0.3 is 0 Å². The van der Waals surface area contributed by atoms with E-state index in [2.05, 4.69) is 11.4 Å². The van der Waals surface area contributed by atoms with Crippen LogP contribution in [0.3, 0.4) is 0 Å². The highest BCUT2D eigenvalue weighted by Gasteiger charge is 2.17. The number of nitrogens with zero attached hydrogens (tertiary/aromatic N) is 1. The molecule has 1 aliphatic rings. The molecular formula is C15H18N2O. The van der Waals surface area contributed by atoms with Gasteiger partial charge in [0.05, 0.1) is 5.52 Å². The molecule has 1 heterocycles. The van der Waals surface area contributed by atoms with Crippen LogP contribution < -0.4 is 10.9 Å². The molecule has 3 heteroatoms. The highest BCUT2D eigenvalue weighted by Crippen LogP contribution is 2.27. The summed E-state index contributed by atoms with van der Waals surface area (Å²) < 4.78 is 1.70. The van der Waals surface area contributed by atoms with Crippen molar-refractivity contribution in [3.05, 3.63) is 40.7 Å². The Morgan fingerprint density at radius 2 is 2.11 bits per heavy atom. The molecule has 1 aromatic heterocycles. The molecule has 0 bridgehead atoms. The lowest BCUT2D eigenvalue weighted by Crippen LogP contribution is -2.23. The van der Waals surface area contributed by atoms with Crippen LogP contribution in [-0.2, 0) is 7.05 Å². The number of hydrogen-bond acceptors (Lipinski definition) is 2. The van der Waals surface area contributed by atoms with Crippen LogP contribution in [0, 0.1) is 5.92 Å². The zero-order valence-electron chi connectivity index (χ0n) is 10.6. The second-order valence-electron chi connectivity index (χ2n) is 5.15. The molecule has 0 unspecified atom stereocenters. The number of rotatable bonds is 3. The van der Waals surface area contributed by atoms with Gasteiger partial charge in [-0.05, 0) is 24.8 Å². The lowest BCUT2D eigenvalue weighted by Gasteiger charge is -2.26. The number of aromatic nitrogens is 1. The number of anilines is 1. The van der Waals surface area contributed by atoms with Crippen LogP contribution in [0.1, 0.15) is 19.3 Å². The monoisotopic (exact) mass is 242 g/mol. The minimum absolute atomic E-state index is 0.0461. The molecule has 1 N–H and O–H groups in total. The van der Waals surface area contributed by atoms with Gasteiger partial charge in [0.1, 0.15) is 0 Å². The third-order valence-electron chi connectivity index (χ3n) is 3.96. The summed E-state index contributed by atoms with van der Waals surface area (Å²) in [7, 11) is 1.82. The summed E-state index contributed by atoms with van der Waals surface area (Å²) in [5.74, 6) is 0.785. The van der Waals surface area contributed by atoms with E-state index in [4.69, 9.17) is 0 Å². The number of hydrogen-bond donors (Lipinski definition) is 1. The fraction of sp³-hybridized carbons (Fsp3) is 0.400. The molecular weight excluding hydrogens is 224 g/mol. The average Bonchev–Trinajstić information content (AvgIpc) is 2.33. The van der Waals surface area contributed by atoms with Gasteiger partial charge < -0.3 is 9.88 Å². The van der Waals surface area contributed by atoms with Gasteiger partial charge in [0.2, 0.25) is 0 Å². The fourth-order valence-corrected chi connectivity index (χ4v) is 2.51. The van der Waals surface area contributed by atoms with Gasteiger partial charge in [0.25, 0.3) is 5.56 Å². The van der Waals surface area contributed by atoms with Gasteiger partial charge in [0.15, 0.2) is 0 Å². The van der Waals surface area contributed by atoms with Crippen LogP contribution in [0.25, 0.3) is 10.9 Å². The Morgan fingerprint density at radius 3 is 2.83 bits per heavy atom. The fourth-order valence-electron chi connectivity index (χ4n) is 2.51. The molecule has 1 aromatic carbocycles. The second-order valence-corrected chi connectivity index (χ2v) is 5.15. The number of fused-ring (bicyclic) bond motifs is 1. The van der Waals surface area contributed by atoms with Crippen LogP contribution in [0.2, 0.25) is 0 Å². The molecule has 0 spiro atoms. The number of aryl methyl sites for hydroxylation is 1. The van der Waals surface area contributed by atoms with E-state index < -0.39 is 0 Å². The maximum atomic E-state index is 11.9. The molecule has 94 valence electrons. The summed E-state index contributed by atoms with van der Waals surface area (Å²) in [4.78, 5) is 11.9. The van der Waals surface area contributed by atoms with Crippen LogP contribution in [0.4, 0.5) is 5.69 Å². The van der Waals surface area contributed by atoms with Gasteiger partial charge in [-0.1, -0.05) is 24.6 Å². The number of para-hydroxylation sites is 1. The average molecular weight is 242 g/mol. The smallest absolute Gasteiger partial charge is 0.252 e. The number of nitrogens with one attached hydrogen (secondary N) is 1. The van der Waals surface area contributed by atoms with E-state index in [1.54, 1.807) is 10.6 Å². The van der Waals surface area contributed by atoms with Crippen molar-refractivity contribution < 1.29 is 0 Å². The third-order valence-corrected chi connectivity index (χ3v) is 3.96. The molecule has 1 saturated carbocycles. The van der Waals surface area contributed by atoms with Gasteiger partial charge in [-0.2, -0.15) is 0 Å². The van der Waals surface area contributed by atoms with Gasteiger partial charge in [-0.15, -0.1) is 0 Å². The summed E-state index contributed by atoms with van der Waals surface area (Å²) in [5.41, 5.74) is 2.01. The molecule has 0 aliphatic heterocycles. The van der Waals surface area contributed by atoms with Crippen LogP contribution in [-0.4, -0.2) is 11.1 Å². The molecule has 0 saturated heterocycles. The van der Waals surface area contributed by atoms with Crippen LogP contribution in [0.5, 0.6) is 0 Å². The highest BCUT2D eigenvalue weighted by molar-refractivity contribution is 5.91. The summed E-state index contributed by atoms with van der Waals surface area (Å²) >= 11 is 0. The Labute approximate surface area is 106 Å². The van der Waals surface area contributed by atoms with Crippen molar-refractivity contribution in [2.75, 3.05) is 11.9 Å². The van der Waals surface area contributed by atoms with E-state index in [1.165, 1.54) is 19.3 Å². The Bertz CT molecular complexity index is 626. The molecule has 2 aromatic rings. The molecule has 3 rings (SSSR count).